The molecule has 4 aliphatic rings. The zero-order chi connectivity index (χ0) is 48.8. The number of carboxylic acids is 1. The van der Waals surface area contributed by atoms with Gasteiger partial charge in [0.05, 0.1) is 56.2 Å². The summed E-state index contributed by atoms with van der Waals surface area (Å²) in [5.41, 5.74) is -4.30. The third-order valence-corrected chi connectivity index (χ3v) is 13.2. The van der Waals surface area contributed by atoms with E-state index in [2.05, 4.69) is 5.32 Å². The monoisotopic (exact) mass is 939 g/mol. The number of carboxylic acid groups (broad SMARTS) is 1. The molecule has 5 N–H and O–H groups in total. The highest BCUT2D eigenvalue weighted by Gasteiger charge is 2.70. The number of ketones is 1. The van der Waals surface area contributed by atoms with Crippen LogP contribution >= 0.6 is 0 Å². The maximum Gasteiger partial charge on any atom is 0.408 e. The number of alkyl carbamates (subject to hydrolysis) is 1. The Morgan fingerprint density at radius 2 is 1.51 bits per heavy atom. The third kappa shape index (κ3) is 11.4. The van der Waals surface area contributed by atoms with E-state index in [-0.39, 0.29) is 56.2 Å². The Bertz CT molecular complexity index is 2140. The van der Waals surface area contributed by atoms with Crippen molar-refractivity contribution in [1.29, 1.82) is 0 Å². The van der Waals surface area contributed by atoms with Crippen molar-refractivity contribution in [3.63, 3.8) is 0 Å². The number of Topliss-reactive ketones (excluding diaryl/α,β-unsaturated/α-hetero) is 1. The Kier molecular flexibility index (Phi) is 16.3. The summed E-state index contributed by atoms with van der Waals surface area (Å²) in [6.07, 6.45) is -10.1. The first-order valence-electron chi connectivity index (χ1n) is 22.3. The van der Waals surface area contributed by atoms with Crippen molar-refractivity contribution >= 4 is 35.8 Å². The maximum atomic E-state index is 14.8. The number of aliphatic hydroxyl groups is 3. The number of amides is 1. The molecule has 2 saturated carbocycles. The lowest BCUT2D eigenvalue weighted by Gasteiger charge is -2.62. The van der Waals surface area contributed by atoms with Crippen LogP contribution in [0.4, 0.5) is 4.79 Å². The number of ether oxygens (including phenoxy) is 8. The van der Waals surface area contributed by atoms with E-state index in [0.717, 1.165) is 0 Å². The van der Waals surface area contributed by atoms with Gasteiger partial charge < -0.3 is 63.6 Å². The fraction of sp³-hybridized carbons (Fsp3) is 0.583. The molecule has 1 aliphatic heterocycles. The molecule has 1 heterocycles. The molecule has 3 aliphatic carbocycles. The van der Waals surface area contributed by atoms with E-state index in [1.807, 2.05) is 0 Å². The van der Waals surface area contributed by atoms with Crippen LogP contribution in [0.1, 0.15) is 76.3 Å². The van der Waals surface area contributed by atoms with Gasteiger partial charge in [-0.2, -0.15) is 0 Å². The summed E-state index contributed by atoms with van der Waals surface area (Å²) in [6, 6.07) is 14.7. The number of benzene rings is 2. The molecule has 12 atom stereocenters. The lowest BCUT2D eigenvalue weighted by Crippen LogP contribution is -2.73. The number of nitrogens with one attached hydrogen (secondary N) is 1. The van der Waals surface area contributed by atoms with E-state index in [0.29, 0.717) is 5.56 Å². The number of carbonyl (C=O) groups is 6. The van der Waals surface area contributed by atoms with E-state index >= 15 is 0 Å². The van der Waals surface area contributed by atoms with Crippen LogP contribution in [-0.2, 0) is 57.1 Å². The molecular weight excluding hydrogens is 879 g/mol. The molecule has 19 nitrogen and oxygen atoms in total. The van der Waals surface area contributed by atoms with Gasteiger partial charge in [-0.1, -0.05) is 55.5 Å². The van der Waals surface area contributed by atoms with Gasteiger partial charge in [0.2, 0.25) is 6.10 Å². The predicted molar refractivity (Wildman–Crippen MR) is 232 cm³/mol. The molecule has 3 fully saturated rings. The molecule has 1 saturated heterocycles. The topological polar surface area (TPSA) is 269 Å². The van der Waals surface area contributed by atoms with Gasteiger partial charge in [0, 0.05) is 30.6 Å². The number of hydrogen-bond donors (Lipinski definition) is 5. The Labute approximate surface area is 388 Å². The molecule has 1 amide bonds. The number of fused-ring (bicyclic) bond motifs is 5. The highest BCUT2D eigenvalue weighted by Crippen LogP contribution is 2.59. The first-order valence-corrected chi connectivity index (χ1v) is 22.3. The maximum absolute atomic E-state index is 14.8. The standard InChI is InChI=1S/C48H61NO18/c1-26-32(22-48(59)27(2)36(26)39(54)41(55)47(6)33(50)21-31-30(23-63-31)37(47)42(48)66-43(56)29-15-11-8-12-16-29)64-44(57)40(65-35(53)25-62-20-18-60-17-19-61-24-34(51)52)38(28-13-9-7-10-14-28)49-45(58)67-46(3,4)5/h7-16,27,30-33,37-40,42,50,54,59H,17-25H2,1-6H3,(H,49,58)(H,51,52)/t27-,30+,31+,32-,33-,37-,38-,39+,40+,42-,47+,48-/m1/s1. The van der Waals surface area contributed by atoms with Gasteiger partial charge in [-0.15, -0.1) is 0 Å². The fourth-order valence-electron chi connectivity index (χ4n) is 9.69. The van der Waals surface area contributed by atoms with Crippen molar-refractivity contribution in [3.05, 3.63) is 82.9 Å². The van der Waals surface area contributed by atoms with E-state index < -0.39 is 132 Å². The van der Waals surface area contributed by atoms with E-state index in [9.17, 15) is 44.1 Å². The number of carbonyl (C=O) groups excluding carboxylic acids is 5. The second kappa shape index (κ2) is 21.3. The van der Waals surface area contributed by atoms with Crippen molar-refractivity contribution < 1.29 is 87.1 Å². The summed E-state index contributed by atoms with van der Waals surface area (Å²) in [5.74, 6) is -7.68. The zero-order valence-corrected chi connectivity index (χ0v) is 38.4. The number of aliphatic carboxylic acids is 1. The quantitative estimate of drug-likeness (QED) is 0.0622. The van der Waals surface area contributed by atoms with Crippen LogP contribution in [0.15, 0.2) is 71.8 Å². The summed E-state index contributed by atoms with van der Waals surface area (Å²) in [5, 5.41) is 48.4. The van der Waals surface area contributed by atoms with E-state index in [1.165, 1.54) is 26.0 Å². The van der Waals surface area contributed by atoms with Gasteiger partial charge in [-0.05, 0) is 63.5 Å². The predicted octanol–water partition coefficient (Wildman–Crippen LogP) is 2.87. The van der Waals surface area contributed by atoms with Crippen LogP contribution in [0.3, 0.4) is 0 Å². The van der Waals surface area contributed by atoms with Gasteiger partial charge >= 0.3 is 30.0 Å². The summed E-state index contributed by atoms with van der Waals surface area (Å²) >= 11 is 0. The van der Waals surface area contributed by atoms with Crippen LogP contribution < -0.4 is 5.32 Å². The molecule has 366 valence electrons. The molecule has 2 aromatic carbocycles. The van der Waals surface area contributed by atoms with Crippen molar-refractivity contribution in [1.82, 2.24) is 5.32 Å². The Morgan fingerprint density at radius 1 is 0.896 bits per heavy atom. The van der Waals surface area contributed by atoms with Crippen LogP contribution in [0.2, 0.25) is 0 Å². The molecule has 2 bridgehead atoms. The van der Waals surface area contributed by atoms with Crippen LogP contribution in [-0.4, -0.2) is 150 Å². The minimum Gasteiger partial charge on any atom is -0.480 e. The highest BCUT2D eigenvalue weighted by molar-refractivity contribution is 5.93. The van der Waals surface area contributed by atoms with Crippen molar-refractivity contribution in [2.24, 2.45) is 23.2 Å². The lowest BCUT2D eigenvalue weighted by atomic mass is 9.48. The molecule has 67 heavy (non-hydrogen) atoms. The number of esters is 3. The molecule has 0 aromatic heterocycles. The molecule has 0 unspecified atom stereocenters. The minimum atomic E-state index is -2.17. The second-order valence-corrected chi connectivity index (χ2v) is 18.6. The average Bonchev–Trinajstić information content (AvgIpc) is 3.27. The zero-order valence-electron chi connectivity index (χ0n) is 38.4. The number of hydrogen-bond acceptors (Lipinski definition) is 17. The lowest BCUT2D eigenvalue weighted by molar-refractivity contribution is -0.269. The smallest absolute Gasteiger partial charge is 0.408 e. The molecule has 2 aromatic rings. The molecule has 0 radical (unpaired) electrons. The van der Waals surface area contributed by atoms with Crippen LogP contribution in [0.25, 0.3) is 0 Å². The highest BCUT2D eigenvalue weighted by atomic mass is 16.6. The minimum absolute atomic E-state index is 0.00487. The van der Waals surface area contributed by atoms with Gasteiger partial charge in [-0.25, -0.2) is 24.0 Å². The summed E-state index contributed by atoms with van der Waals surface area (Å²) < 4.78 is 45.3. The Balaban J connectivity index is 1.34. The number of rotatable bonds is 18. The van der Waals surface area contributed by atoms with Gasteiger partial charge in [0.1, 0.15) is 48.8 Å². The second-order valence-electron chi connectivity index (χ2n) is 18.6. The van der Waals surface area contributed by atoms with Crippen molar-refractivity contribution in [3.8, 4) is 0 Å². The Hall–Kier alpha value is -5.28. The largest absolute Gasteiger partial charge is 0.480 e. The number of aliphatic hydroxyl groups excluding tert-OH is 2. The molecule has 6 rings (SSSR count). The normalized spacial score (nSPS) is 29.9. The molecule has 19 heteroatoms. The average molecular weight is 940 g/mol. The van der Waals surface area contributed by atoms with E-state index in [1.54, 1.807) is 76.2 Å². The summed E-state index contributed by atoms with van der Waals surface area (Å²) in [6.45, 7) is 8.34. The van der Waals surface area contributed by atoms with Crippen LogP contribution in [0, 0.1) is 23.2 Å². The Morgan fingerprint density at radius 3 is 2.10 bits per heavy atom. The van der Waals surface area contributed by atoms with Gasteiger partial charge in [-0.3, -0.25) is 4.79 Å². The SMILES string of the molecule is CC1=C2[C@H](O)C(=O)[C@]3(C)[C@H]([C@H]4CO[C@H]4C[C@H]3O)[C@@H](OC(=O)c3ccccc3)[C@@](O)(C[C@H]1OC(=O)[C@@H](OC(=O)COCCOCCOCC(=O)O)[C@H](NC(=O)OC(C)(C)C)c1ccccc1)[C@@H]2C. The first kappa shape index (κ1) is 51.1. The molecule has 0 spiro atoms. The van der Waals surface area contributed by atoms with Crippen molar-refractivity contribution in [2.75, 3.05) is 46.2 Å². The summed E-state index contributed by atoms with van der Waals surface area (Å²) in [4.78, 5) is 81.2. The van der Waals surface area contributed by atoms with E-state index in [4.69, 9.17) is 43.0 Å². The van der Waals surface area contributed by atoms with Gasteiger partial charge in [0.25, 0.3) is 0 Å². The first-order chi connectivity index (χ1) is 31.7. The van der Waals surface area contributed by atoms with Crippen LogP contribution in [0.5, 0.6) is 0 Å². The fourth-order valence-corrected chi connectivity index (χ4v) is 9.69. The molecular formula is C48H61NO18. The summed E-state index contributed by atoms with van der Waals surface area (Å²) in [7, 11) is 0. The third-order valence-electron chi connectivity index (χ3n) is 13.2. The van der Waals surface area contributed by atoms with Gasteiger partial charge in [0.15, 0.2) is 5.78 Å². The van der Waals surface area contributed by atoms with Crippen molar-refractivity contribution in [2.45, 2.75) is 108 Å².